The van der Waals surface area contributed by atoms with Crippen LogP contribution in [0.4, 0.5) is 0 Å². The van der Waals surface area contributed by atoms with Gasteiger partial charge in [0.05, 0.1) is 24.5 Å². The van der Waals surface area contributed by atoms with Crippen molar-refractivity contribution in [3.8, 4) is 0 Å². The van der Waals surface area contributed by atoms with E-state index >= 15 is 0 Å². The second-order valence-corrected chi connectivity index (χ2v) is 3.11. The number of hydrogen-bond donors (Lipinski definition) is 1. The number of nitrogens with one attached hydrogen (secondary N) is 1. The third kappa shape index (κ3) is 1.78. The molecule has 3 nitrogen and oxygen atoms in total. The molecule has 1 N–H and O–H groups in total. The van der Waals surface area contributed by atoms with Gasteiger partial charge < -0.3 is 10.1 Å². The molecule has 0 bridgehead atoms. The number of hydrogen-bond acceptors (Lipinski definition) is 3. The van der Waals surface area contributed by atoms with Gasteiger partial charge in [-0.05, 0) is 13.3 Å². The predicted molar refractivity (Wildman–Crippen MR) is 50.6 cm³/mol. The molecule has 1 saturated heterocycles. The van der Waals surface area contributed by atoms with Crippen molar-refractivity contribution in [2.75, 3.05) is 19.8 Å². The van der Waals surface area contributed by atoms with E-state index in [1.165, 1.54) is 0 Å². The van der Waals surface area contributed by atoms with E-state index in [1.54, 1.807) is 0 Å². The van der Waals surface area contributed by atoms with Gasteiger partial charge in [0.2, 0.25) is 0 Å². The summed E-state index contributed by atoms with van der Waals surface area (Å²) in [5.41, 5.74) is 0.185. The Morgan fingerprint density at radius 2 is 2.25 bits per heavy atom. The van der Waals surface area contributed by atoms with Crippen molar-refractivity contribution in [1.82, 2.24) is 5.32 Å². The fraction of sp³-hybridized carbons (Fsp3) is 0.889. The first kappa shape index (κ1) is 9.52. The van der Waals surface area contributed by atoms with Crippen LogP contribution in [-0.2, 0) is 4.74 Å². The van der Waals surface area contributed by atoms with Gasteiger partial charge in [0, 0.05) is 6.61 Å². The maximum atomic E-state index is 5.29. The van der Waals surface area contributed by atoms with Crippen LogP contribution in [0.5, 0.6) is 0 Å². The Bertz CT molecular complexity index is 171. The molecule has 70 valence electrons. The molecule has 0 amide bonds. The van der Waals surface area contributed by atoms with E-state index in [2.05, 4.69) is 10.3 Å². The third-order valence-corrected chi connectivity index (χ3v) is 2.17. The van der Waals surface area contributed by atoms with E-state index < -0.39 is 0 Å². The van der Waals surface area contributed by atoms with E-state index in [0.29, 0.717) is 0 Å². The molecule has 0 saturated carbocycles. The molecule has 0 aromatic rings. The Morgan fingerprint density at radius 1 is 1.50 bits per heavy atom. The molecule has 2 rings (SSSR count). The van der Waals surface area contributed by atoms with Crippen molar-refractivity contribution in [2.24, 2.45) is 4.99 Å². The lowest BCUT2D eigenvalue weighted by Gasteiger charge is -2.20. The van der Waals surface area contributed by atoms with Gasteiger partial charge in [-0.1, -0.05) is 13.8 Å². The second kappa shape index (κ2) is 3.90. The molecule has 1 unspecified atom stereocenters. The fourth-order valence-electron chi connectivity index (χ4n) is 1.56. The zero-order chi connectivity index (χ0) is 9.03. The van der Waals surface area contributed by atoms with Crippen LogP contribution in [-0.4, -0.2) is 31.1 Å². The van der Waals surface area contributed by atoms with Crippen molar-refractivity contribution < 1.29 is 4.74 Å². The quantitative estimate of drug-likeness (QED) is 0.592. The molecule has 0 aromatic heterocycles. The lowest BCUT2D eigenvalue weighted by atomic mass is 10.0. The van der Waals surface area contributed by atoms with Crippen LogP contribution >= 0.6 is 0 Å². The zero-order valence-corrected chi connectivity index (χ0v) is 8.18. The highest BCUT2D eigenvalue weighted by molar-refractivity contribution is 5.82. The van der Waals surface area contributed by atoms with Crippen LogP contribution < -0.4 is 5.32 Å². The van der Waals surface area contributed by atoms with E-state index in [9.17, 15) is 0 Å². The Hall–Kier alpha value is -0.570. The van der Waals surface area contributed by atoms with Crippen LogP contribution in [0.1, 0.15) is 27.2 Å². The molecular formula is C9H18N2O. The average molecular weight is 170 g/mol. The van der Waals surface area contributed by atoms with Gasteiger partial charge in [-0.3, -0.25) is 4.99 Å². The lowest BCUT2D eigenvalue weighted by molar-refractivity contribution is 0.177. The summed E-state index contributed by atoms with van der Waals surface area (Å²) in [5, 5.41) is 3.35. The molecule has 1 atom stereocenters. The standard InChI is InChI=1S/C7H12N2O.C2H6/c1-6-8-4-7(9-6)2-3-10-5-7;1-2/h2-5H2,1H3,(H,8,9);1-2H3. The fourth-order valence-corrected chi connectivity index (χ4v) is 1.56. The topological polar surface area (TPSA) is 33.6 Å². The molecule has 1 fully saturated rings. The minimum atomic E-state index is 0.185. The van der Waals surface area contributed by atoms with Crippen molar-refractivity contribution >= 4 is 5.84 Å². The molecule has 0 aromatic carbocycles. The number of rotatable bonds is 0. The Kier molecular flexibility index (Phi) is 3.09. The number of amidine groups is 1. The third-order valence-electron chi connectivity index (χ3n) is 2.17. The van der Waals surface area contributed by atoms with E-state index in [-0.39, 0.29) is 5.54 Å². The van der Waals surface area contributed by atoms with Gasteiger partial charge in [0.1, 0.15) is 0 Å². The van der Waals surface area contributed by atoms with Gasteiger partial charge in [-0.25, -0.2) is 0 Å². The predicted octanol–water partition coefficient (Wildman–Crippen LogP) is 1.19. The van der Waals surface area contributed by atoms with E-state index in [4.69, 9.17) is 4.74 Å². The van der Waals surface area contributed by atoms with E-state index in [1.807, 2.05) is 20.8 Å². The normalized spacial score (nSPS) is 32.4. The van der Waals surface area contributed by atoms with Gasteiger partial charge in [-0.15, -0.1) is 0 Å². The summed E-state index contributed by atoms with van der Waals surface area (Å²) in [5.74, 6) is 1.06. The summed E-state index contributed by atoms with van der Waals surface area (Å²) < 4.78 is 5.29. The highest BCUT2D eigenvalue weighted by Crippen LogP contribution is 2.22. The van der Waals surface area contributed by atoms with Gasteiger partial charge in [0.15, 0.2) is 0 Å². The van der Waals surface area contributed by atoms with Crippen LogP contribution in [0.2, 0.25) is 0 Å². The summed E-state index contributed by atoms with van der Waals surface area (Å²) >= 11 is 0. The van der Waals surface area contributed by atoms with Crippen LogP contribution in [0.15, 0.2) is 4.99 Å². The number of aliphatic imine (C=N–C) groups is 1. The highest BCUT2D eigenvalue weighted by atomic mass is 16.5. The second-order valence-electron chi connectivity index (χ2n) is 3.11. The Balaban J connectivity index is 0.000000336. The minimum Gasteiger partial charge on any atom is -0.379 e. The highest BCUT2D eigenvalue weighted by Gasteiger charge is 2.37. The van der Waals surface area contributed by atoms with Crippen molar-refractivity contribution in [1.29, 1.82) is 0 Å². The summed E-state index contributed by atoms with van der Waals surface area (Å²) in [6.07, 6.45) is 1.10. The maximum absolute atomic E-state index is 5.29. The van der Waals surface area contributed by atoms with Gasteiger partial charge >= 0.3 is 0 Å². The minimum absolute atomic E-state index is 0.185. The first-order chi connectivity index (χ1) is 5.81. The molecule has 12 heavy (non-hydrogen) atoms. The molecule has 0 radical (unpaired) electrons. The Morgan fingerprint density at radius 3 is 2.67 bits per heavy atom. The maximum Gasteiger partial charge on any atom is 0.0938 e. The summed E-state index contributed by atoms with van der Waals surface area (Å²) in [6, 6.07) is 0. The van der Waals surface area contributed by atoms with Crippen molar-refractivity contribution in [2.45, 2.75) is 32.7 Å². The number of ether oxygens (including phenoxy) is 1. The van der Waals surface area contributed by atoms with Gasteiger partial charge in [0.25, 0.3) is 0 Å². The molecule has 3 heteroatoms. The lowest BCUT2D eigenvalue weighted by Crippen LogP contribution is -2.45. The molecule has 2 aliphatic heterocycles. The van der Waals surface area contributed by atoms with E-state index in [0.717, 1.165) is 32.0 Å². The first-order valence-corrected chi connectivity index (χ1v) is 4.68. The van der Waals surface area contributed by atoms with Gasteiger partial charge in [-0.2, -0.15) is 0 Å². The smallest absolute Gasteiger partial charge is 0.0938 e. The molecule has 2 heterocycles. The summed E-state index contributed by atoms with van der Waals surface area (Å²) in [4.78, 5) is 4.30. The van der Waals surface area contributed by atoms with Crippen molar-refractivity contribution in [3.63, 3.8) is 0 Å². The summed E-state index contributed by atoms with van der Waals surface area (Å²) in [6.45, 7) is 8.62. The van der Waals surface area contributed by atoms with Crippen molar-refractivity contribution in [3.05, 3.63) is 0 Å². The summed E-state index contributed by atoms with van der Waals surface area (Å²) in [7, 11) is 0. The number of nitrogens with zero attached hydrogens (tertiary/aromatic N) is 1. The molecular weight excluding hydrogens is 152 g/mol. The molecule has 1 spiro atoms. The average Bonchev–Trinajstić information content (AvgIpc) is 2.68. The van der Waals surface area contributed by atoms with Crippen LogP contribution in [0, 0.1) is 0 Å². The van der Waals surface area contributed by atoms with Crippen LogP contribution in [0.25, 0.3) is 0 Å². The molecule has 0 aliphatic carbocycles. The molecule has 2 aliphatic rings. The SMILES string of the molecule is CC.CC1=NCC2(CCOC2)N1. The zero-order valence-electron chi connectivity index (χ0n) is 8.18. The first-order valence-electron chi connectivity index (χ1n) is 4.68. The Labute approximate surface area is 74.2 Å². The monoisotopic (exact) mass is 170 g/mol. The van der Waals surface area contributed by atoms with Crippen LogP contribution in [0.3, 0.4) is 0 Å². The largest absolute Gasteiger partial charge is 0.379 e.